The summed E-state index contributed by atoms with van der Waals surface area (Å²) in [6.45, 7) is 0.449. The minimum Gasteiger partial charge on any atom is -0.481 e. The highest BCUT2D eigenvalue weighted by atomic mass is 16.5. The van der Waals surface area contributed by atoms with Crippen molar-refractivity contribution in [2.24, 2.45) is 7.05 Å². The molecule has 0 aliphatic rings. The van der Waals surface area contributed by atoms with Gasteiger partial charge in [0, 0.05) is 38.9 Å². The molecule has 0 radical (unpaired) electrons. The lowest BCUT2D eigenvalue weighted by Crippen LogP contribution is -2.41. The Morgan fingerprint density at radius 3 is 2.55 bits per heavy atom. The number of nitrogens with zero attached hydrogens (tertiary/aromatic N) is 3. The number of carbonyl (C=O) groups is 2. The Hall–Kier alpha value is -3.61. The average Bonchev–Trinajstić information content (AvgIpc) is 3.24. The highest BCUT2D eigenvalue weighted by Crippen LogP contribution is 2.15. The van der Waals surface area contributed by atoms with Gasteiger partial charge < -0.3 is 19.5 Å². The minimum atomic E-state index is -0.186. The molecule has 1 aromatic carbocycles. The average molecular weight is 421 g/mol. The number of methoxy groups -OCH3 is 1. The normalized spacial score (nSPS) is 11.6. The van der Waals surface area contributed by atoms with Gasteiger partial charge >= 0.3 is 0 Å². The summed E-state index contributed by atoms with van der Waals surface area (Å²) in [5, 5.41) is 2.96. The SMILES string of the molecule is COc1cccc(C(=O)N(C)[C@H](CCNC(=O)c2cccn2C)Cc2ccccc2)n1. The number of amides is 2. The largest absolute Gasteiger partial charge is 0.481 e. The number of carbonyl (C=O) groups excluding carboxylic acids is 2. The Bertz CT molecular complexity index is 1020. The van der Waals surface area contributed by atoms with Crippen LogP contribution in [0.4, 0.5) is 0 Å². The van der Waals surface area contributed by atoms with Crippen LogP contribution < -0.4 is 10.1 Å². The second kappa shape index (κ2) is 10.4. The zero-order chi connectivity index (χ0) is 22.2. The molecule has 0 spiro atoms. The summed E-state index contributed by atoms with van der Waals surface area (Å²) in [5.74, 6) is 0.0803. The van der Waals surface area contributed by atoms with Crippen LogP contribution in [0.2, 0.25) is 0 Å². The van der Waals surface area contributed by atoms with Gasteiger partial charge in [0.05, 0.1) is 7.11 Å². The highest BCUT2D eigenvalue weighted by Gasteiger charge is 2.23. The van der Waals surface area contributed by atoms with E-state index in [4.69, 9.17) is 4.74 Å². The third-order valence-corrected chi connectivity index (χ3v) is 5.27. The Balaban J connectivity index is 1.71. The third kappa shape index (κ3) is 5.72. The van der Waals surface area contributed by atoms with E-state index in [2.05, 4.69) is 10.3 Å². The van der Waals surface area contributed by atoms with Gasteiger partial charge in [-0.2, -0.15) is 0 Å². The maximum absolute atomic E-state index is 13.1. The van der Waals surface area contributed by atoms with Gasteiger partial charge in [-0.15, -0.1) is 0 Å². The Morgan fingerprint density at radius 2 is 1.87 bits per heavy atom. The van der Waals surface area contributed by atoms with E-state index in [1.165, 1.54) is 7.11 Å². The Morgan fingerprint density at radius 1 is 1.10 bits per heavy atom. The summed E-state index contributed by atoms with van der Waals surface area (Å²) in [6.07, 6.45) is 3.12. The van der Waals surface area contributed by atoms with Crippen molar-refractivity contribution in [3.63, 3.8) is 0 Å². The molecule has 0 saturated heterocycles. The van der Waals surface area contributed by atoms with Crippen LogP contribution >= 0.6 is 0 Å². The van der Waals surface area contributed by atoms with E-state index in [0.29, 0.717) is 36.7 Å². The predicted octanol–water partition coefficient (Wildman–Crippen LogP) is 2.93. The van der Waals surface area contributed by atoms with Crippen LogP contribution in [0.3, 0.4) is 0 Å². The molecule has 0 unspecified atom stereocenters. The Labute approximate surface area is 182 Å². The number of aromatic nitrogens is 2. The van der Waals surface area contributed by atoms with Crippen LogP contribution in [0.5, 0.6) is 5.88 Å². The Kier molecular flexibility index (Phi) is 7.43. The number of pyridine rings is 1. The van der Waals surface area contributed by atoms with Gasteiger partial charge in [-0.25, -0.2) is 4.98 Å². The molecule has 0 aliphatic carbocycles. The molecule has 162 valence electrons. The number of rotatable bonds is 9. The number of ether oxygens (including phenoxy) is 1. The number of aryl methyl sites for hydroxylation is 1. The summed E-state index contributed by atoms with van der Waals surface area (Å²) < 4.78 is 6.92. The monoisotopic (exact) mass is 420 g/mol. The topological polar surface area (TPSA) is 76.5 Å². The second-order valence-electron chi connectivity index (χ2n) is 7.37. The first-order valence-corrected chi connectivity index (χ1v) is 10.2. The van der Waals surface area contributed by atoms with Gasteiger partial charge in [0.15, 0.2) is 0 Å². The van der Waals surface area contributed by atoms with Crippen molar-refractivity contribution in [3.8, 4) is 5.88 Å². The van der Waals surface area contributed by atoms with Crippen LogP contribution in [0.1, 0.15) is 33.0 Å². The summed E-state index contributed by atoms with van der Waals surface area (Å²) in [5.41, 5.74) is 2.05. The number of hydrogen-bond donors (Lipinski definition) is 1. The smallest absolute Gasteiger partial charge is 0.272 e. The second-order valence-corrected chi connectivity index (χ2v) is 7.37. The molecule has 0 bridgehead atoms. The van der Waals surface area contributed by atoms with E-state index < -0.39 is 0 Å². The number of benzene rings is 1. The maximum atomic E-state index is 13.1. The van der Waals surface area contributed by atoms with Crippen LogP contribution in [0.15, 0.2) is 66.9 Å². The van der Waals surface area contributed by atoms with Crippen LogP contribution in [-0.2, 0) is 13.5 Å². The predicted molar refractivity (Wildman–Crippen MR) is 119 cm³/mol. The minimum absolute atomic E-state index is 0.114. The molecule has 0 fully saturated rings. The van der Waals surface area contributed by atoms with Gasteiger partial charge in [-0.1, -0.05) is 36.4 Å². The van der Waals surface area contributed by atoms with Gasteiger partial charge in [0.2, 0.25) is 5.88 Å². The van der Waals surface area contributed by atoms with E-state index in [-0.39, 0.29) is 17.9 Å². The van der Waals surface area contributed by atoms with Crippen molar-refractivity contribution < 1.29 is 14.3 Å². The zero-order valence-electron chi connectivity index (χ0n) is 18.1. The summed E-state index contributed by atoms with van der Waals surface area (Å²) in [7, 11) is 5.13. The molecule has 2 amide bonds. The number of nitrogens with one attached hydrogen (secondary N) is 1. The first kappa shape index (κ1) is 22.1. The van der Waals surface area contributed by atoms with Crippen molar-refractivity contribution in [3.05, 3.63) is 83.8 Å². The molecule has 31 heavy (non-hydrogen) atoms. The van der Waals surface area contributed by atoms with E-state index in [1.54, 1.807) is 40.8 Å². The third-order valence-electron chi connectivity index (χ3n) is 5.27. The molecule has 1 N–H and O–H groups in total. The van der Waals surface area contributed by atoms with E-state index in [9.17, 15) is 9.59 Å². The molecule has 2 heterocycles. The molecule has 7 heteroatoms. The van der Waals surface area contributed by atoms with Gasteiger partial charge in [-0.3, -0.25) is 9.59 Å². The fourth-order valence-corrected chi connectivity index (χ4v) is 3.45. The lowest BCUT2D eigenvalue weighted by atomic mass is 10.0. The zero-order valence-corrected chi connectivity index (χ0v) is 18.1. The van der Waals surface area contributed by atoms with Gasteiger partial charge in [0.25, 0.3) is 11.8 Å². The summed E-state index contributed by atoms with van der Waals surface area (Å²) in [6, 6.07) is 18.6. The van der Waals surface area contributed by atoms with Crippen LogP contribution in [-0.4, -0.2) is 53.0 Å². The van der Waals surface area contributed by atoms with Crippen LogP contribution in [0, 0.1) is 0 Å². The van der Waals surface area contributed by atoms with E-state index >= 15 is 0 Å². The van der Waals surface area contributed by atoms with Crippen molar-refractivity contribution in [1.82, 2.24) is 19.8 Å². The summed E-state index contributed by atoms with van der Waals surface area (Å²) in [4.78, 5) is 31.5. The first-order valence-electron chi connectivity index (χ1n) is 10.2. The highest BCUT2D eigenvalue weighted by molar-refractivity contribution is 5.93. The standard InChI is InChI=1S/C24H28N4O3/c1-27-16-8-12-21(27)23(29)25-15-14-19(17-18-9-5-4-6-10-18)28(2)24(30)20-11-7-13-22(26-20)31-3/h4-13,16,19H,14-15,17H2,1-3H3,(H,25,29)/t19-/m1/s1. The quantitative estimate of drug-likeness (QED) is 0.578. The molecule has 0 aliphatic heterocycles. The number of hydrogen-bond acceptors (Lipinski definition) is 4. The fraction of sp³-hybridized carbons (Fsp3) is 0.292. The first-order chi connectivity index (χ1) is 15.0. The molecule has 3 rings (SSSR count). The summed E-state index contributed by atoms with van der Waals surface area (Å²) >= 11 is 0. The van der Waals surface area contributed by atoms with E-state index in [1.807, 2.05) is 49.6 Å². The lowest BCUT2D eigenvalue weighted by Gasteiger charge is -2.28. The maximum Gasteiger partial charge on any atom is 0.272 e. The van der Waals surface area contributed by atoms with Gasteiger partial charge in [0.1, 0.15) is 11.4 Å². The molecular formula is C24H28N4O3. The molecule has 0 saturated carbocycles. The molecule has 1 atom stereocenters. The van der Waals surface area contributed by atoms with Crippen molar-refractivity contribution in [1.29, 1.82) is 0 Å². The lowest BCUT2D eigenvalue weighted by molar-refractivity contribution is 0.0716. The van der Waals surface area contributed by atoms with Crippen molar-refractivity contribution >= 4 is 11.8 Å². The number of likely N-dealkylation sites (N-methyl/N-ethyl adjacent to an activating group) is 1. The molecule has 2 aromatic heterocycles. The van der Waals surface area contributed by atoms with Crippen molar-refractivity contribution in [2.45, 2.75) is 18.9 Å². The van der Waals surface area contributed by atoms with Crippen LogP contribution in [0.25, 0.3) is 0 Å². The van der Waals surface area contributed by atoms with Gasteiger partial charge in [-0.05, 0) is 36.6 Å². The molecule has 7 nitrogen and oxygen atoms in total. The van der Waals surface area contributed by atoms with Crippen molar-refractivity contribution in [2.75, 3.05) is 20.7 Å². The molecule has 3 aromatic rings. The molecular weight excluding hydrogens is 392 g/mol. The fourth-order valence-electron chi connectivity index (χ4n) is 3.45. The van der Waals surface area contributed by atoms with E-state index in [0.717, 1.165) is 5.56 Å².